The minimum absolute atomic E-state index is 0.0120. The molecule has 0 saturated carbocycles. The number of rotatable bonds is 1. The van der Waals surface area contributed by atoms with Gasteiger partial charge in [-0.25, -0.2) is 0 Å². The highest BCUT2D eigenvalue weighted by Gasteiger charge is 2.48. The molecule has 0 aliphatic carbocycles. The maximum absolute atomic E-state index is 12.5. The van der Waals surface area contributed by atoms with E-state index < -0.39 is 18.1 Å². The van der Waals surface area contributed by atoms with E-state index in [1.165, 1.54) is 0 Å². The molecule has 2 heterocycles. The van der Waals surface area contributed by atoms with Crippen LogP contribution < -0.4 is 0 Å². The summed E-state index contributed by atoms with van der Waals surface area (Å²) in [5, 5.41) is 0. The van der Waals surface area contributed by atoms with Gasteiger partial charge in [0.25, 0.3) is 0 Å². The fourth-order valence-electron chi connectivity index (χ4n) is 3.03. The Morgan fingerprint density at radius 1 is 1.10 bits per heavy atom. The van der Waals surface area contributed by atoms with Gasteiger partial charge in [-0.15, -0.1) is 0 Å². The number of carbonyl (C=O) groups excluding carboxylic acids is 2. The molecule has 4 nitrogen and oxygen atoms in total. The van der Waals surface area contributed by atoms with Crippen molar-refractivity contribution in [2.24, 2.45) is 5.92 Å². The van der Waals surface area contributed by atoms with Gasteiger partial charge in [-0.3, -0.25) is 9.59 Å². The summed E-state index contributed by atoms with van der Waals surface area (Å²) in [5.74, 6) is -1.86. The van der Waals surface area contributed by atoms with Crippen molar-refractivity contribution in [3.05, 3.63) is 0 Å². The fraction of sp³-hybridized carbons (Fsp3) is 0.846. The van der Waals surface area contributed by atoms with Crippen LogP contribution in [0.2, 0.25) is 0 Å². The van der Waals surface area contributed by atoms with Gasteiger partial charge in [0.1, 0.15) is 6.04 Å². The largest absolute Gasteiger partial charge is 0.471 e. The first-order valence-corrected chi connectivity index (χ1v) is 6.97. The molecule has 0 aromatic heterocycles. The average Bonchev–Trinajstić information content (AvgIpc) is 2.84. The van der Waals surface area contributed by atoms with Gasteiger partial charge in [0.05, 0.1) is 0 Å². The lowest BCUT2D eigenvalue weighted by atomic mass is 9.99. The molecular weight excluding hydrogens is 273 g/mol. The zero-order valence-corrected chi connectivity index (χ0v) is 11.4. The minimum Gasteiger partial charge on any atom is -0.341 e. The Kier molecular flexibility index (Phi) is 4.25. The maximum Gasteiger partial charge on any atom is 0.471 e. The first-order valence-electron chi connectivity index (χ1n) is 6.97. The highest BCUT2D eigenvalue weighted by molar-refractivity contribution is 5.90. The molecule has 2 atom stereocenters. The average molecular weight is 292 g/mol. The predicted octanol–water partition coefficient (Wildman–Crippen LogP) is 1.80. The summed E-state index contributed by atoms with van der Waals surface area (Å²) in [6.45, 7) is 3.18. The molecule has 2 fully saturated rings. The molecule has 2 rings (SSSR count). The van der Waals surface area contributed by atoms with Gasteiger partial charge >= 0.3 is 12.1 Å². The standard InChI is InChI=1S/C13H19F3N2O2/c1-9-4-2-6-17(8-9)11(19)10-5-3-7-18(10)12(20)13(14,15)16/h9-10H,2-8H2,1H3. The highest BCUT2D eigenvalue weighted by Crippen LogP contribution is 2.27. The van der Waals surface area contributed by atoms with Crippen LogP contribution >= 0.6 is 0 Å². The van der Waals surface area contributed by atoms with Crippen LogP contribution in [0.3, 0.4) is 0 Å². The first-order chi connectivity index (χ1) is 9.30. The first kappa shape index (κ1) is 15.1. The summed E-state index contributed by atoms with van der Waals surface area (Å²) in [4.78, 5) is 26.0. The Morgan fingerprint density at radius 2 is 1.75 bits per heavy atom. The Hall–Kier alpha value is -1.27. The highest BCUT2D eigenvalue weighted by atomic mass is 19.4. The molecule has 2 aliphatic heterocycles. The predicted molar refractivity (Wildman–Crippen MR) is 65.8 cm³/mol. The van der Waals surface area contributed by atoms with E-state index in [2.05, 4.69) is 0 Å². The fourth-order valence-corrected chi connectivity index (χ4v) is 3.03. The number of nitrogens with zero attached hydrogens (tertiary/aromatic N) is 2. The molecule has 0 aromatic rings. The normalized spacial score (nSPS) is 27.8. The van der Waals surface area contributed by atoms with Crippen LogP contribution in [0.15, 0.2) is 0 Å². The number of hydrogen-bond acceptors (Lipinski definition) is 2. The van der Waals surface area contributed by atoms with Gasteiger partial charge in [-0.05, 0) is 31.6 Å². The lowest BCUT2D eigenvalue weighted by Gasteiger charge is -2.35. The number of carbonyl (C=O) groups is 2. The van der Waals surface area contributed by atoms with E-state index in [1.807, 2.05) is 6.92 Å². The molecule has 0 N–H and O–H groups in total. The quantitative estimate of drug-likeness (QED) is 0.739. The summed E-state index contributed by atoms with van der Waals surface area (Å²) in [7, 11) is 0. The van der Waals surface area contributed by atoms with Gasteiger partial charge < -0.3 is 9.80 Å². The SMILES string of the molecule is CC1CCCN(C(=O)C2CCCN2C(=O)C(F)(F)F)C1. The van der Waals surface area contributed by atoms with Crippen molar-refractivity contribution < 1.29 is 22.8 Å². The smallest absolute Gasteiger partial charge is 0.341 e. The Morgan fingerprint density at radius 3 is 2.35 bits per heavy atom. The topological polar surface area (TPSA) is 40.6 Å². The Balaban J connectivity index is 2.06. The second kappa shape index (κ2) is 5.61. The van der Waals surface area contributed by atoms with Crippen LogP contribution in [0.1, 0.15) is 32.6 Å². The van der Waals surface area contributed by atoms with E-state index in [9.17, 15) is 22.8 Å². The van der Waals surface area contributed by atoms with Gasteiger partial charge in [-0.2, -0.15) is 13.2 Å². The van der Waals surface area contributed by atoms with Gasteiger partial charge in [0.15, 0.2) is 0 Å². The molecule has 0 bridgehead atoms. The van der Waals surface area contributed by atoms with Crippen LogP contribution in [-0.4, -0.2) is 53.5 Å². The summed E-state index contributed by atoms with van der Waals surface area (Å²) in [5.41, 5.74) is 0. The third kappa shape index (κ3) is 3.07. The molecule has 114 valence electrons. The third-order valence-corrected chi connectivity index (χ3v) is 4.01. The van der Waals surface area contributed by atoms with Crippen LogP contribution in [0.5, 0.6) is 0 Å². The Bertz CT molecular complexity index is 398. The van der Waals surface area contributed by atoms with Crippen molar-refractivity contribution in [3.63, 3.8) is 0 Å². The van der Waals surface area contributed by atoms with E-state index >= 15 is 0 Å². The van der Waals surface area contributed by atoms with Gasteiger partial charge in [-0.1, -0.05) is 6.92 Å². The lowest BCUT2D eigenvalue weighted by molar-refractivity contribution is -0.187. The summed E-state index contributed by atoms with van der Waals surface area (Å²) in [6, 6.07) is -0.936. The number of hydrogen-bond donors (Lipinski definition) is 0. The monoisotopic (exact) mass is 292 g/mol. The van der Waals surface area contributed by atoms with Crippen LogP contribution in [-0.2, 0) is 9.59 Å². The van der Waals surface area contributed by atoms with Crippen molar-refractivity contribution in [2.45, 2.75) is 44.8 Å². The third-order valence-electron chi connectivity index (χ3n) is 4.01. The number of alkyl halides is 3. The second-order valence-corrected chi connectivity index (χ2v) is 5.69. The summed E-state index contributed by atoms with van der Waals surface area (Å²) < 4.78 is 37.6. The van der Waals surface area contributed by atoms with E-state index in [1.54, 1.807) is 4.90 Å². The van der Waals surface area contributed by atoms with Crippen LogP contribution in [0, 0.1) is 5.92 Å². The van der Waals surface area contributed by atoms with Crippen molar-refractivity contribution in [2.75, 3.05) is 19.6 Å². The molecule has 2 aliphatic rings. The van der Waals surface area contributed by atoms with Gasteiger partial charge in [0.2, 0.25) is 5.91 Å². The molecule has 2 unspecified atom stereocenters. The molecule has 0 radical (unpaired) electrons. The molecule has 20 heavy (non-hydrogen) atoms. The molecule has 2 saturated heterocycles. The maximum atomic E-state index is 12.5. The van der Waals surface area contributed by atoms with Gasteiger partial charge in [0, 0.05) is 19.6 Å². The zero-order valence-electron chi connectivity index (χ0n) is 11.4. The number of halogens is 3. The minimum atomic E-state index is -4.90. The van der Waals surface area contributed by atoms with E-state index in [0.717, 1.165) is 12.8 Å². The van der Waals surface area contributed by atoms with Crippen molar-refractivity contribution in [1.29, 1.82) is 0 Å². The van der Waals surface area contributed by atoms with Crippen LogP contribution in [0.4, 0.5) is 13.2 Å². The van der Waals surface area contributed by atoms with Crippen LogP contribution in [0.25, 0.3) is 0 Å². The summed E-state index contributed by atoms with van der Waals surface area (Å²) >= 11 is 0. The lowest BCUT2D eigenvalue weighted by Crippen LogP contribution is -2.52. The zero-order chi connectivity index (χ0) is 14.9. The molecular formula is C13H19F3N2O2. The van der Waals surface area contributed by atoms with E-state index in [4.69, 9.17) is 0 Å². The number of likely N-dealkylation sites (tertiary alicyclic amines) is 2. The molecule has 0 spiro atoms. The number of piperidine rings is 1. The summed E-state index contributed by atoms with van der Waals surface area (Å²) in [6.07, 6.45) is -2.24. The van der Waals surface area contributed by atoms with Crippen molar-refractivity contribution in [1.82, 2.24) is 9.80 Å². The van der Waals surface area contributed by atoms with E-state index in [0.29, 0.717) is 36.7 Å². The van der Waals surface area contributed by atoms with Crippen molar-refractivity contribution in [3.8, 4) is 0 Å². The van der Waals surface area contributed by atoms with E-state index in [-0.39, 0.29) is 12.5 Å². The molecule has 7 heteroatoms. The Labute approximate surface area is 115 Å². The molecule has 0 aromatic carbocycles. The molecule has 2 amide bonds. The number of amides is 2. The van der Waals surface area contributed by atoms with Crippen molar-refractivity contribution >= 4 is 11.8 Å². The second-order valence-electron chi connectivity index (χ2n) is 5.69.